The van der Waals surface area contributed by atoms with Gasteiger partial charge in [0.2, 0.25) is 0 Å². The third-order valence-electron chi connectivity index (χ3n) is 1.98. The summed E-state index contributed by atoms with van der Waals surface area (Å²) in [6.45, 7) is 11.9. The van der Waals surface area contributed by atoms with Crippen LogP contribution in [-0.4, -0.2) is 0 Å². The van der Waals surface area contributed by atoms with Gasteiger partial charge in [0.15, 0.2) is 0 Å². The Balaban J connectivity index is 3.40. The van der Waals surface area contributed by atoms with E-state index >= 15 is 0 Å². The van der Waals surface area contributed by atoms with Gasteiger partial charge in [0.05, 0.1) is 0 Å². The first kappa shape index (κ1) is 12.2. The van der Waals surface area contributed by atoms with Crippen LogP contribution in [0, 0.1) is 5.92 Å². The molecule has 1 atom stereocenters. The standard InChI is InChI=1S/C13H22/c1-5-9-13(4)11-8-6-7-10-12(2)3/h5,8,11,13H,1-2,6-7,9-10H2,3-4H3. The van der Waals surface area contributed by atoms with E-state index < -0.39 is 0 Å². The van der Waals surface area contributed by atoms with Gasteiger partial charge in [0.1, 0.15) is 0 Å². The summed E-state index contributed by atoms with van der Waals surface area (Å²) in [5.41, 5.74) is 1.28. The molecule has 0 amide bonds. The van der Waals surface area contributed by atoms with Crippen molar-refractivity contribution in [1.29, 1.82) is 0 Å². The summed E-state index contributed by atoms with van der Waals surface area (Å²) >= 11 is 0. The number of allylic oxidation sites excluding steroid dienone is 4. The van der Waals surface area contributed by atoms with Crippen LogP contribution < -0.4 is 0 Å². The van der Waals surface area contributed by atoms with Gasteiger partial charge in [0.25, 0.3) is 0 Å². The van der Waals surface area contributed by atoms with E-state index in [0.717, 1.165) is 12.8 Å². The highest BCUT2D eigenvalue weighted by molar-refractivity contribution is 4.92. The maximum Gasteiger partial charge on any atom is -0.0227 e. The second-order valence-corrected chi connectivity index (χ2v) is 3.78. The summed E-state index contributed by atoms with van der Waals surface area (Å²) in [5.74, 6) is 0.641. The number of hydrogen-bond donors (Lipinski definition) is 0. The fourth-order valence-corrected chi connectivity index (χ4v) is 1.19. The lowest BCUT2D eigenvalue weighted by Gasteiger charge is -2.00. The summed E-state index contributed by atoms with van der Waals surface area (Å²) in [5, 5.41) is 0. The minimum Gasteiger partial charge on any atom is -0.103 e. The molecule has 0 heterocycles. The number of hydrogen-bond acceptors (Lipinski definition) is 0. The Bertz CT molecular complexity index is 174. The van der Waals surface area contributed by atoms with E-state index in [1.165, 1.54) is 18.4 Å². The van der Waals surface area contributed by atoms with E-state index in [1.807, 2.05) is 6.08 Å². The van der Waals surface area contributed by atoms with Crippen LogP contribution in [0.5, 0.6) is 0 Å². The van der Waals surface area contributed by atoms with Crippen molar-refractivity contribution in [3.05, 3.63) is 37.0 Å². The van der Waals surface area contributed by atoms with Crippen molar-refractivity contribution in [2.24, 2.45) is 5.92 Å². The first-order valence-electron chi connectivity index (χ1n) is 5.08. The molecule has 0 fully saturated rings. The molecular weight excluding hydrogens is 156 g/mol. The molecule has 0 aromatic carbocycles. The van der Waals surface area contributed by atoms with Gasteiger partial charge in [-0.1, -0.05) is 30.7 Å². The van der Waals surface area contributed by atoms with E-state index in [2.05, 4.69) is 39.2 Å². The van der Waals surface area contributed by atoms with Gasteiger partial charge < -0.3 is 0 Å². The molecule has 0 bridgehead atoms. The highest BCUT2D eigenvalue weighted by Crippen LogP contribution is 2.08. The van der Waals surface area contributed by atoms with Crippen molar-refractivity contribution < 1.29 is 0 Å². The molecule has 0 spiro atoms. The summed E-state index contributed by atoms with van der Waals surface area (Å²) < 4.78 is 0. The summed E-state index contributed by atoms with van der Waals surface area (Å²) in [7, 11) is 0. The predicted octanol–water partition coefficient (Wildman–Crippen LogP) is 4.50. The van der Waals surface area contributed by atoms with Gasteiger partial charge >= 0.3 is 0 Å². The van der Waals surface area contributed by atoms with E-state index in [0.29, 0.717) is 5.92 Å². The Morgan fingerprint density at radius 1 is 1.46 bits per heavy atom. The third-order valence-corrected chi connectivity index (χ3v) is 1.98. The molecule has 0 aliphatic carbocycles. The summed E-state index contributed by atoms with van der Waals surface area (Å²) in [6, 6.07) is 0. The minimum atomic E-state index is 0.641. The molecule has 0 rings (SSSR count). The van der Waals surface area contributed by atoms with Gasteiger partial charge in [-0.2, -0.15) is 0 Å². The molecule has 0 heteroatoms. The van der Waals surface area contributed by atoms with Gasteiger partial charge in [-0.15, -0.1) is 13.2 Å². The second kappa shape index (κ2) is 7.85. The molecule has 74 valence electrons. The zero-order valence-electron chi connectivity index (χ0n) is 9.05. The Kier molecular flexibility index (Phi) is 7.38. The average Bonchev–Trinajstić information content (AvgIpc) is 2.03. The quantitative estimate of drug-likeness (QED) is 0.397. The summed E-state index contributed by atoms with van der Waals surface area (Å²) in [6.07, 6.45) is 11.2. The van der Waals surface area contributed by atoms with Crippen molar-refractivity contribution in [2.75, 3.05) is 0 Å². The van der Waals surface area contributed by atoms with Crippen molar-refractivity contribution in [3.8, 4) is 0 Å². The molecule has 13 heavy (non-hydrogen) atoms. The van der Waals surface area contributed by atoms with Crippen LogP contribution in [0.3, 0.4) is 0 Å². The van der Waals surface area contributed by atoms with E-state index in [4.69, 9.17) is 0 Å². The first-order valence-corrected chi connectivity index (χ1v) is 5.08. The molecule has 0 aliphatic heterocycles. The van der Waals surface area contributed by atoms with Gasteiger partial charge in [-0.3, -0.25) is 0 Å². The van der Waals surface area contributed by atoms with Crippen molar-refractivity contribution in [3.63, 3.8) is 0 Å². The number of unbranched alkanes of at least 4 members (excludes halogenated alkanes) is 1. The van der Waals surface area contributed by atoms with Crippen LogP contribution >= 0.6 is 0 Å². The fourth-order valence-electron chi connectivity index (χ4n) is 1.19. The normalized spacial score (nSPS) is 13.1. The molecular formula is C13H22. The van der Waals surface area contributed by atoms with Crippen LogP contribution in [0.4, 0.5) is 0 Å². The topological polar surface area (TPSA) is 0 Å². The molecule has 0 nitrogen and oxygen atoms in total. The molecule has 0 aromatic heterocycles. The fraction of sp³-hybridized carbons (Fsp3) is 0.538. The van der Waals surface area contributed by atoms with Crippen molar-refractivity contribution in [1.82, 2.24) is 0 Å². The molecule has 0 aromatic rings. The minimum absolute atomic E-state index is 0.641. The highest BCUT2D eigenvalue weighted by Gasteiger charge is 1.91. The van der Waals surface area contributed by atoms with Gasteiger partial charge in [0, 0.05) is 0 Å². The van der Waals surface area contributed by atoms with Gasteiger partial charge in [-0.25, -0.2) is 0 Å². The van der Waals surface area contributed by atoms with Crippen LogP contribution in [0.15, 0.2) is 37.0 Å². The van der Waals surface area contributed by atoms with Crippen LogP contribution in [0.2, 0.25) is 0 Å². The largest absolute Gasteiger partial charge is 0.103 e. The van der Waals surface area contributed by atoms with E-state index in [1.54, 1.807) is 0 Å². The van der Waals surface area contributed by atoms with Crippen molar-refractivity contribution >= 4 is 0 Å². The van der Waals surface area contributed by atoms with Crippen LogP contribution in [0.25, 0.3) is 0 Å². The smallest absolute Gasteiger partial charge is 0.0227 e. The lowest BCUT2D eigenvalue weighted by Crippen LogP contribution is -1.85. The predicted molar refractivity (Wildman–Crippen MR) is 61.8 cm³/mol. The van der Waals surface area contributed by atoms with Crippen LogP contribution in [-0.2, 0) is 0 Å². The molecule has 0 saturated carbocycles. The Hall–Kier alpha value is -0.780. The zero-order chi connectivity index (χ0) is 10.1. The first-order chi connectivity index (χ1) is 6.16. The lowest BCUT2D eigenvalue weighted by atomic mass is 10.1. The summed E-state index contributed by atoms with van der Waals surface area (Å²) in [4.78, 5) is 0. The monoisotopic (exact) mass is 178 g/mol. The third kappa shape index (κ3) is 9.13. The maximum absolute atomic E-state index is 3.88. The second-order valence-electron chi connectivity index (χ2n) is 3.78. The Morgan fingerprint density at radius 2 is 2.15 bits per heavy atom. The molecule has 0 radical (unpaired) electrons. The number of rotatable bonds is 7. The van der Waals surface area contributed by atoms with Gasteiger partial charge in [-0.05, 0) is 38.5 Å². The van der Waals surface area contributed by atoms with E-state index in [9.17, 15) is 0 Å². The zero-order valence-corrected chi connectivity index (χ0v) is 9.05. The molecule has 0 aliphatic rings. The molecule has 0 N–H and O–H groups in total. The van der Waals surface area contributed by atoms with Crippen molar-refractivity contribution in [2.45, 2.75) is 39.5 Å². The van der Waals surface area contributed by atoms with Crippen LogP contribution in [0.1, 0.15) is 39.5 Å². The highest BCUT2D eigenvalue weighted by atomic mass is 14.0. The Morgan fingerprint density at radius 3 is 2.69 bits per heavy atom. The molecule has 0 saturated heterocycles. The maximum atomic E-state index is 3.88. The lowest BCUT2D eigenvalue weighted by molar-refractivity contribution is 0.735. The SMILES string of the molecule is C=CCC(C)C=CCCCC(=C)C. The Labute approximate surface area is 83.0 Å². The van der Waals surface area contributed by atoms with E-state index in [-0.39, 0.29) is 0 Å². The average molecular weight is 178 g/mol. The molecule has 1 unspecified atom stereocenters.